The van der Waals surface area contributed by atoms with Gasteiger partial charge in [-0.25, -0.2) is 0 Å². The summed E-state index contributed by atoms with van der Waals surface area (Å²) in [5.74, 6) is 1.61. The molecule has 1 rings (SSSR count). The van der Waals surface area contributed by atoms with E-state index in [1.807, 2.05) is 24.3 Å². The Kier molecular flexibility index (Phi) is 6.46. The number of hydrogen-bond acceptors (Lipinski definition) is 3. The predicted molar refractivity (Wildman–Crippen MR) is 79.4 cm³/mol. The number of rotatable bonds is 6. The normalized spacial score (nSPS) is 11.4. The van der Waals surface area contributed by atoms with E-state index in [9.17, 15) is 9.59 Å². The SMILES string of the molecule is C#CCC(NC(=O)CSc1cccc(Br)c1)C(N)=O. The number of primary amides is 1. The lowest BCUT2D eigenvalue weighted by Gasteiger charge is -2.12. The number of benzene rings is 1. The lowest BCUT2D eigenvalue weighted by Crippen LogP contribution is -2.44. The summed E-state index contributed by atoms with van der Waals surface area (Å²) < 4.78 is 0.945. The van der Waals surface area contributed by atoms with Crippen LogP contribution < -0.4 is 11.1 Å². The van der Waals surface area contributed by atoms with Gasteiger partial charge in [-0.1, -0.05) is 22.0 Å². The number of halogens is 1. The van der Waals surface area contributed by atoms with Gasteiger partial charge < -0.3 is 11.1 Å². The molecule has 1 atom stereocenters. The van der Waals surface area contributed by atoms with E-state index in [1.165, 1.54) is 11.8 Å². The Morgan fingerprint density at radius 2 is 2.26 bits per heavy atom. The first-order valence-electron chi connectivity index (χ1n) is 5.43. The molecule has 19 heavy (non-hydrogen) atoms. The van der Waals surface area contributed by atoms with Gasteiger partial charge in [0.05, 0.1) is 5.75 Å². The van der Waals surface area contributed by atoms with Crippen LogP contribution in [-0.2, 0) is 9.59 Å². The highest BCUT2D eigenvalue weighted by Gasteiger charge is 2.16. The third kappa shape index (κ3) is 5.81. The highest BCUT2D eigenvalue weighted by atomic mass is 79.9. The van der Waals surface area contributed by atoms with Crippen molar-refractivity contribution >= 4 is 39.5 Å². The molecule has 0 radical (unpaired) electrons. The van der Waals surface area contributed by atoms with E-state index in [0.717, 1.165) is 9.37 Å². The van der Waals surface area contributed by atoms with Gasteiger partial charge in [-0.05, 0) is 18.2 Å². The fourth-order valence-electron chi connectivity index (χ4n) is 1.28. The minimum atomic E-state index is -0.805. The average molecular weight is 341 g/mol. The molecule has 1 unspecified atom stereocenters. The summed E-state index contributed by atoms with van der Waals surface area (Å²) in [6.45, 7) is 0. The van der Waals surface area contributed by atoms with Gasteiger partial charge in [0.2, 0.25) is 11.8 Å². The molecule has 6 heteroatoms. The summed E-state index contributed by atoms with van der Waals surface area (Å²) in [4.78, 5) is 23.7. The van der Waals surface area contributed by atoms with Crippen molar-refractivity contribution in [2.75, 3.05) is 5.75 Å². The summed E-state index contributed by atoms with van der Waals surface area (Å²) in [6.07, 6.45) is 5.20. The fraction of sp³-hybridized carbons (Fsp3) is 0.231. The Morgan fingerprint density at radius 1 is 1.53 bits per heavy atom. The molecular formula is C13H13BrN2O2S. The second-order valence-corrected chi connectivity index (χ2v) is 5.64. The number of nitrogens with one attached hydrogen (secondary N) is 1. The van der Waals surface area contributed by atoms with Crippen LogP contribution in [0.5, 0.6) is 0 Å². The molecule has 0 aliphatic heterocycles. The molecule has 0 fully saturated rings. The standard InChI is InChI=1S/C13H13BrN2O2S/c1-2-4-11(13(15)18)16-12(17)8-19-10-6-3-5-9(14)7-10/h1,3,5-7,11H,4,8H2,(H2,15,18)(H,16,17). The third-order valence-corrected chi connectivity index (χ3v) is 3.65. The Morgan fingerprint density at radius 3 is 2.84 bits per heavy atom. The molecule has 1 aromatic rings. The highest BCUT2D eigenvalue weighted by Crippen LogP contribution is 2.21. The van der Waals surface area contributed by atoms with Crippen molar-refractivity contribution in [3.8, 4) is 12.3 Å². The minimum absolute atomic E-state index is 0.0998. The van der Waals surface area contributed by atoms with Crippen molar-refractivity contribution in [1.29, 1.82) is 0 Å². The van der Waals surface area contributed by atoms with E-state index < -0.39 is 11.9 Å². The van der Waals surface area contributed by atoms with Crippen LogP contribution in [0.2, 0.25) is 0 Å². The van der Waals surface area contributed by atoms with E-state index >= 15 is 0 Å². The average Bonchev–Trinajstić information content (AvgIpc) is 2.36. The summed E-state index contributed by atoms with van der Waals surface area (Å²) in [5.41, 5.74) is 5.14. The summed E-state index contributed by atoms with van der Waals surface area (Å²) >= 11 is 4.72. The number of nitrogens with two attached hydrogens (primary N) is 1. The van der Waals surface area contributed by atoms with E-state index in [0.29, 0.717) is 0 Å². The van der Waals surface area contributed by atoms with Gasteiger partial charge in [-0.2, -0.15) is 0 Å². The number of terminal acetylenes is 1. The number of amides is 2. The molecule has 0 aliphatic carbocycles. The zero-order valence-corrected chi connectivity index (χ0v) is 12.5. The van der Waals surface area contributed by atoms with Crippen LogP contribution in [0.4, 0.5) is 0 Å². The molecular weight excluding hydrogens is 328 g/mol. The fourth-order valence-corrected chi connectivity index (χ4v) is 2.60. The summed E-state index contributed by atoms with van der Waals surface area (Å²) in [6, 6.07) is 6.79. The lowest BCUT2D eigenvalue weighted by atomic mass is 10.2. The Balaban J connectivity index is 2.47. The molecule has 0 aromatic heterocycles. The summed E-state index contributed by atoms with van der Waals surface area (Å²) in [7, 11) is 0. The number of carbonyl (C=O) groups is 2. The molecule has 0 bridgehead atoms. The zero-order valence-electron chi connectivity index (χ0n) is 10.1. The van der Waals surface area contributed by atoms with Crippen LogP contribution in [-0.4, -0.2) is 23.6 Å². The maximum absolute atomic E-state index is 11.7. The van der Waals surface area contributed by atoms with Gasteiger partial charge in [-0.15, -0.1) is 24.1 Å². The molecule has 0 spiro atoms. The predicted octanol–water partition coefficient (Wildman–Crippen LogP) is 1.53. The number of hydrogen-bond donors (Lipinski definition) is 2. The monoisotopic (exact) mass is 340 g/mol. The van der Waals surface area contributed by atoms with Crippen molar-refractivity contribution < 1.29 is 9.59 Å². The van der Waals surface area contributed by atoms with Crippen molar-refractivity contribution in [1.82, 2.24) is 5.32 Å². The van der Waals surface area contributed by atoms with Crippen molar-refractivity contribution in [3.63, 3.8) is 0 Å². The number of carbonyl (C=O) groups excluding carboxylic acids is 2. The van der Waals surface area contributed by atoms with Crippen LogP contribution >= 0.6 is 27.7 Å². The molecule has 1 aromatic carbocycles. The van der Waals surface area contributed by atoms with E-state index in [4.69, 9.17) is 12.2 Å². The van der Waals surface area contributed by atoms with Gasteiger partial charge in [0.25, 0.3) is 0 Å². The molecule has 3 N–H and O–H groups in total. The van der Waals surface area contributed by atoms with Crippen molar-refractivity contribution in [3.05, 3.63) is 28.7 Å². The second-order valence-electron chi connectivity index (χ2n) is 3.68. The van der Waals surface area contributed by atoms with E-state index in [2.05, 4.69) is 27.2 Å². The Labute approximate surface area is 124 Å². The second kappa shape index (κ2) is 7.87. The summed E-state index contributed by atoms with van der Waals surface area (Å²) in [5, 5.41) is 2.51. The quantitative estimate of drug-likeness (QED) is 0.609. The van der Waals surface area contributed by atoms with Crippen LogP contribution in [0.1, 0.15) is 6.42 Å². The van der Waals surface area contributed by atoms with Crippen LogP contribution in [0, 0.1) is 12.3 Å². The Hall–Kier alpha value is -1.45. The largest absolute Gasteiger partial charge is 0.368 e. The smallest absolute Gasteiger partial charge is 0.240 e. The Bertz CT molecular complexity index is 514. The first kappa shape index (κ1) is 15.6. The molecule has 2 amide bonds. The first-order chi connectivity index (χ1) is 9.02. The lowest BCUT2D eigenvalue weighted by molar-refractivity contribution is -0.125. The maximum Gasteiger partial charge on any atom is 0.240 e. The third-order valence-electron chi connectivity index (χ3n) is 2.17. The molecule has 0 heterocycles. The van der Waals surface area contributed by atoms with Gasteiger partial charge in [0.1, 0.15) is 6.04 Å². The molecule has 0 saturated heterocycles. The zero-order chi connectivity index (χ0) is 14.3. The first-order valence-corrected chi connectivity index (χ1v) is 7.21. The molecule has 100 valence electrons. The van der Waals surface area contributed by atoms with Crippen molar-refractivity contribution in [2.45, 2.75) is 17.4 Å². The van der Waals surface area contributed by atoms with Crippen LogP contribution in [0.15, 0.2) is 33.6 Å². The van der Waals surface area contributed by atoms with Crippen molar-refractivity contribution in [2.24, 2.45) is 5.73 Å². The van der Waals surface area contributed by atoms with Crippen LogP contribution in [0.3, 0.4) is 0 Å². The van der Waals surface area contributed by atoms with Gasteiger partial charge in [0.15, 0.2) is 0 Å². The van der Waals surface area contributed by atoms with Gasteiger partial charge in [-0.3, -0.25) is 9.59 Å². The maximum atomic E-state index is 11.7. The molecule has 0 saturated carbocycles. The van der Waals surface area contributed by atoms with Gasteiger partial charge >= 0.3 is 0 Å². The topological polar surface area (TPSA) is 72.2 Å². The van der Waals surface area contributed by atoms with E-state index in [1.54, 1.807) is 0 Å². The van der Waals surface area contributed by atoms with Crippen LogP contribution in [0.25, 0.3) is 0 Å². The molecule has 4 nitrogen and oxygen atoms in total. The van der Waals surface area contributed by atoms with Gasteiger partial charge in [0, 0.05) is 15.8 Å². The minimum Gasteiger partial charge on any atom is -0.368 e. The van der Waals surface area contributed by atoms with E-state index in [-0.39, 0.29) is 18.1 Å². The number of thioether (sulfide) groups is 1. The molecule has 0 aliphatic rings. The highest BCUT2D eigenvalue weighted by molar-refractivity contribution is 9.10.